The monoisotopic (exact) mass is 925 g/mol. The number of nitrogens with two attached hydrogens (primary N) is 1. The Balaban J connectivity index is 1.19. The molecule has 66 heavy (non-hydrogen) atoms. The fraction of sp³-hybridized carbons (Fsp3) is 0.863. The molecular formula is C51H80N4O11. The summed E-state index contributed by atoms with van der Waals surface area (Å²) in [5.74, 6) is -1.99. The first-order valence-electron chi connectivity index (χ1n) is 25.4. The molecule has 11 N–H and O–H groups in total. The maximum Gasteiger partial charge on any atom is 0.310 e. The maximum atomic E-state index is 14.7. The number of fused-ring (bicyclic) bond motifs is 7. The first kappa shape index (κ1) is 48.5. The molecule has 1 aromatic rings. The molecule has 1 aromatic heterocycles. The van der Waals surface area contributed by atoms with Crippen LogP contribution in [0.1, 0.15) is 143 Å². The van der Waals surface area contributed by atoms with Crippen LogP contribution in [0, 0.1) is 67.5 Å². The highest BCUT2D eigenvalue weighted by Crippen LogP contribution is 2.77. The van der Waals surface area contributed by atoms with E-state index in [0.717, 1.165) is 50.6 Å². The zero-order chi connectivity index (χ0) is 47.4. The summed E-state index contributed by atoms with van der Waals surface area (Å²) in [7, 11) is 0. The Bertz CT molecular complexity index is 2000. The van der Waals surface area contributed by atoms with Crippen molar-refractivity contribution in [2.45, 2.75) is 180 Å². The van der Waals surface area contributed by atoms with Gasteiger partial charge < -0.3 is 61.3 Å². The van der Waals surface area contributed by atoms with Crippen LogP contribution in [0.2, 0.25) is 0 Å². The summed E-state index contributed by atoms with van der Waals surface area (Å²) in [6, 6.07) is -0.289. The van der Waals surface area contributed by atoms with Gasteiger partial charge in [-0.05, 0) is 141 Å². The third-order valence-corrected chi connectivity index (χ3v) is 21.5. The van der Waals surface area contributed by atoms with E-state index in [9.17, 15) is 45.3 Å². The smallest absolute Gasteiger partial charge is 0.310 e. The number of hydrogen-bond acceptors (Lipinski definition) is 12. The summed E-state index contributed by atoms with van der Waals surface area (Å²) in [5, 5.41) is 83.0. The lowest BCUT2D eigenvalue weighted by Gasteiger charge is -2.73. The number of aliphatic carboxylic acids is 1. The predicted molar refractivity (Wildman–Crippen MR) is 243 cm³/mol. The average Bonchev–Trinajstić information content (AvgIpc) is 4.07. The van der Waals surface area contributed by atoms with Crippen molar-refractivity contribution >= 4 is 11.9 Å². The molecule has 370 valence electrons. The zero-order valence-corrected chi connectivity index (χ0v) is 40.0. The number of nitrogens with one attached hydrogen (secondary N) is 2. The number of aliphatic hydroxyl groups is 6. The van der Waals surface area contributed by atoms with Crippen molar-refractivity contribution in [2.75, 3.05) is 26.4 Å². The summed E-state index contributed by atoms with van der Waals surface area (Å²) in [5.41, 5.74) is 3.84. The molecule has 8 aliphatic rings. The van der Waals surface area contributed by atoms with Gasteiger partial charge in [-0.25, -0.2) is 4.98 Å². The van der Waals surface area contributed by atoms with Crippen molar-refractivity contribution in [3.05, 3.63) is 29.9 Å². The van der Waals surface area contributed by atoms with Crippen LogP contribution in [-0.2, 0) is 19.1 Å². The standard InChI is InChI=1S/C51H80N4O11/c1-45(25-56)16-18-51(44(63)64)19-17-47(3)29(32(51)22-45)10-11-36-48(47,4)15-12-35-46(2,26-57)41(66-42-40(61)39(60)34(58)24-65-42)38(59)31(49(35,36)5)21-30-37(55-43(62)50(30)13-6-7-14-50)28(9-8-20-52)33-23-53-27-54-33/h10,23,27-28,30-32,34-42,56-61H,6-9,11-22,24-26,52H2,1-5H3,(H,53,54)(H,55,62)(H,63,64)/t28-,30-,31-,32+,34-,35-,36+,37-,38-,39+,40-,41-,42+,45+,46+,47-,48-,49+,51+/m1/s1. The highest BCUT2D eigenvalue weighted by Gasteiger charge is 2.74. The molecule has 0 aromatic carbocycles. The van der Waals surface area contributed by atoms with E-state index in [0.29, 0.717) is 57.9 Å². The Labute approximate surface area is 390 Å². The number of aromatic amines is 1. The normalized spacial score (nSPS) is 49.0. The summed E-state index contributed by atoms with van der Waals surface area (Å²) >= 11 is 0. The Morgan fingerprint density at radius 2 is 1.67 bits per heavy atom. The number of carbonyl (C=O) groups is 2. The van der Waals surface area contributed by atoms with Gasteiger partial charge >= 0.3 is 5.97 Å². The van der Waals surface area contributed by atoms with Gasteiger partial charge in [-0.1, -0.05) is 59.1 Å². The van der Waals surface area contributed by atoms with Crippen LogP contribution in [0.4, 0.5) is 0 Å². The number of amides is 1. The predicted octanol–water partition coefficient (Wildman–Crippen LogP) is 4.15. The average molecular weight is 925 g/mol. The van der Waals surface area contributed by atoms with Crippen molar-refractivity contribution < 1.29 is 54.8 Å². The molecule has 0 unspecified atom stereocenters. The van der Waals surface area contributed by atoms with Gasteiger partial charge in [0.05, 0.1) is 42.6 Å². The number of rotatable bonds is 12. The second-order valence-corrected chi connectivity index (χ2v) is 24.2. The number of H-pyrrole nitrogens is 1. The molecule has 19 atom stereocenters. The topological polar surface area (TPSA) is 261 Å². The number of allylic oxidation sites excluding steroid dienone is 2. The second-order valence-electron chi connectivity index (χ2n) is 24.2. The number of carbonyl (C=O) groups excluding carboxylic acids is 1. The molecule has 0 bridgehead atoms. The van der Waals surface area contributed by atoms with Crippen LogP contribution in [-0.4, -0.2) is 127 Å². The van der Waals surface area contributed by atoms with E-state index in [1.807, 2.05) is 13.1 Å². The lowest BCUT2D eigenvalue weighted by Crippen LogP contribution is -2.72. The van der Waals surface area contributed by atoms with Crippen LogP contribution in [0.25, 0.3) is 0 Å². The van der Waals surface area contributed by atoms with Crippen LogP contribution in [0.3, 0.4) is 0 Å². The van der Waals surface area contributed by atoms with Crippen LogP contribution < -0.4 is 11.1 Å². The van der Waals surface area contributed by atoms with Crippen LogP contribution in [0.5, 0.6) is 0 Å². The molecule has 5 saturated carbocycles. The number of aliphatic hydroxyl groups excluding tert-OH is 6. The van der Waals surface area contributed by atoms with Crippen LogP contribution in [0.15, 0.2) is 24.2 Å². The van der Waals surface area contributed by atoms with E-state index in [1.54, 1.807) is 6.33 Å². The molecule has 15 heteroatoms. The SMILES string of the molecule is C[C@]1(CO)CC[C@]2(C(=O)O)CC[C@]3(C)C(=CC[C@@H]4[C@@]5(C)[C@H](C[C@@H]6[C@@H]([C@H](CCCN)c7cnc[nH]7)NC(=O)C67CCCC7)[C@@H](O)[C@@H](O[C@@H]6OC[C@@H](O)[C@H](O)[C@H]6O)[C@@](C)(CO)[C@H]5CC[C@]43C)[C@@H]2C1. The van der Waals surface area contributed by atoms with Crippen molar-refractivity contribution in [1.82, 2.24) is 15.3 Å². The van der Waals surface area contributed by atoms with Gasteiger partial charge in [0.25, 0.3) is 0 Å². The first-order chi connectivity index (χ1) is 31.2. The van der Waals surface area contributed by atoms with E-state index in [4.69, 9.17) is 15.2 Å². The van der Waals surface area contributed by atoms with Gasteiger partial charge in [-0.2, -0.15) is 0 Å². The minimum atomic E-state index is -1.61. The van der Waals surface area contributed by atoms with E-state index in [-0.39, 0.29) is 72.2 Å². The van der Waals surface area contributed by atoms with Gasteiger partial charge in [0, 0.05) is 35.9 Å². The lowest BCUT2D eigenvalue weighted by atomic mass is 9.31. The molecule has 6 aliphatic carbocycles. The van der Waals surface area contributed by atoms with E-state index in [1.165, 1.54) is 5.57 Å². The van der Waals surface area contributed by atoms with Gasteiger partial charge in [-0.15, -0.1) is 0 Å². The molecule has 2 aliphatic heterocycles. The minimum absolute atomic E-state index is 0.00230. The number of carboxylic acids is 1. The Morgan fingerprint density at radius 1 is 0.939 bits per heavy atom. The number of imidazole rings is 1. The van der Waals surface area contributed by atoms with Crippen molar-refractivity contribution in [1.29, 1.82) is 0 Å². The third kappa shape index (κ3) is 6.84. The highest BCUT2D eigenvalue weighted by atomic mass is 16.7. The largest absolute Gasteiger partial charge is 0.481 e. The molecule has 1 amide bonds. The fourth-order valence-corrected chi connectivity index (χ4v) is 17.4. The van der Waals surface area contributed by atoms with Crippen molar-refractivity contribution in [3.63, 3.8) is 0 Å². The summed E-state index contributed by atoms with van der Waals surface area (Å²) in [6.45, 7) is 11.0. The van der Waals surface area contributed by atoms with E-state index in [2.05, 4.69) is 49.1 Å². The second kappa shape index (κ2) is 17.1. The highest BCUT2D eigenvalue weighted by molar-refractivity contribution is 5.86. The molecule has 3 heterocycles. The third-order valence-electron chi connectivity index (χ3n) is 21.5. The van der Waals surface area contributed by atoms with Crippen LogP contribution >= 0.6 is 0 Å². The molecule has 15 nitrogen and oxygen atoms in total. The fourth-order valence-electron chi connectivity index (χ4n) is 17.4. The minimum Gasteiger partial charge on any atom is -0.481 e. The number of nitrogens with zero attached hydrogens (tertiary/aromatic N) is 1. The van der Waals surface area contributed by atoms with E-state index < -0.39 is 75.8 Å². The Kier molecular flexibility index (Phi) is 12.6. The molecule has 7 fully saturated rings. The maximum absolute atomic E-state index is 14.7. The lowest BCUT2D eigenvalue weighted by molar-refractivity contribution is -0.340. The number of carboxylic acid groups (broad SMARTS) is 1. The molecular weight excluding hydrogens is 845 g/mol. The Morgan fingerprint density at radius 3 is 2.32 bits per heavy atom. The van der Waals surface area contributed by atoms with Crippen molar-refractivity contribution in [3.8, 4) is 0 Å². The summed E-state index contributed by atoms with van der Waals surface area (Å²) in [6.07, 6.45) is 8.13. The first-order valence-corrected chi connectivity index (χ1v) is 25.4. The molecule has 0 radical (unpaired) electrons. The van der Waals surface area contributed by atoms with Gasteiger partial charge in [0.1, 0.15) is 18.3 Å². The van der Waals surface area contributed by atoms with Gasteiger partial charge in [-0.3, -0.25) is 9.59 Å². The van der Waals surface area contributed by atoms with Gasteiger partial charge in [0.2, 0.25) is 5.91 Å². The molecule has 2 saturated heterocycles. The number of aromatic nitrogens is 2. The molecule has 1 spiro atoms. The number of ether oxygens (including phenoxy) is 2. The van der Waals surface area contributed by atoms with Crippen molar-refractivity contribution in [2.24, 2.45) is 73.2 Å². The summed E-state index contributed by atoms with van der Waals surface area (Å²) < 4.78 is 12.6. The molecule has 9 rings (SSSR count). The summed E-state index contributed by atoms with van der Waals surface area (Å²) in [4.78, 5) is 35.9. The number of hydrogen-bond donors (Lipinski definition) is 10. The van der Waals surface area contributed by atoms with E-state index >= 15 is 0 Å². The quantitative estimate of drug-likeness (QED) is 0.105. The Hall–Kier alpha value is -2.47. The zero-order valence-electron chi connectivity index (χ0n) is 40.0. The van der Waals surface area contributed by atoms with Gasteiger partial charge in [0.15, 0.2) is 6.29 Å².